The molecule has 1 atom stereocenters. The first-order valence-corrected chi connectivity index (χ1v) is 12.7. The van der Waals surface area contributed by atoms with Gasteiger partial charge >= 0.3 is 21.3 Å². The molecule has 0 radical (unpaired) electrons. The van der Waals surface area contributed by atoms with Crippen LogP contribution in [0.1, 0.15) is 12.5 Å². The van der Waals surface area contributed by atoms with E-state index >= 15 is 0 Å². The van der Waals surface area contributed by atoms with Crippen LogP contribution >= 0.6 is 10.9 Å². The van der Waals surface area contributed by atoms with Crippen molar-refractivity contribution in [2.45, 2.75) is 26.9 Å². The van der Waals surface area contributed by atoms with Gasteiger partial charge in [-0.1, -0.05) is 48.5 Å². The van der Waals surface area contributed by atoms with E-state index in [0.717, 1.165) is 16.0 Å². The summed E-state index contributed by atoms with van der Waals surface area (Å²) in [6.07, 6.45) is 1.50. The van der Waals surface area contributed by atoms with Crippen LogP contribution in [0.5, 0.6) is 0 Å². The zero-order valence-corrected chi connectivity index (χ0v) is 19.1. The van der Waals surface area contributed by atoms with Gasteiger partial charge in [0.2, 0.25) is 0 Å². The number of carbonyl (C=O) groups is 1. The summed E-state index contributed by atoms with van der Waals surface area (Å²) in [5, 5.41) is -4.58. The van der Waals surface area contributed by atoms with E-state index < -0.39 is 38.8 Å². The average molecular weight is 491 g/mol. The maximum Gasteiger partial charge on any atom is 0.402 e. The van der Waals surface area contributed by atoms with Gasteiger partial charge in [0.05, 0.1) is 0 Å². The zero-order valence-electron chi connectivity index (χ0n) is 17.4. The topological polar surface area (TPSA) is 80.7 Å². The Morgan fingerprint density at radius 1 is 1.00 bits per heavy atom. The van der Waals surface area contributed by atoms with Crippen molar-refractivity contribution in [2.24, 2.45) is 0 Å². The fraction of sp³-hybridized carbons (Fsp3) is 0.125. The van der Waals surface area contributed by atoms with Crippen LogP contribution in [0.25, 0.3) is 17.2 Å². The molecular formula is C24H20F2O5S2. The van der Waals surface area contributed by atoms with Gasteiger partial charge in [-0.2, -0.15) is 28.1 Å². The Balaban J connectivity index is 1.64. The Morgan fingerprint density at radius 3 is 2.33 bits per heavy atom. The molecule has 0 saturated carbocycles. The summed E-state index contributed by atoms with van der Waals surface area (Å²) >= 11 is 0. The number of rotatable bonds is 6. The Kier molecular flexibility index (Phi) is 6.13. The molecule has 0 amide bonds. The third-order valence-corrected chi connectivity index (χ3v) is 8.58. The van der Waals surface area contributed by atoms with Crippen molar-refractivity contribution >= 4 is 33.1 Å². The lowest BCUT2D eigenvalue weighted by Crippen LogP contribution is -2.34. The minimum atomic E-state index is -5.68. The zero-order chi connectivity index (χ0) is 23.8. The molecule has 1 heterocycles. The lowest BCUT2D eigenvalue weighted by atomic mass is 10.0. The second-order valence-electron chi connectivity index (χ2n) is 7.48. The average Bonchev–Trinajstić information content (AvgIpc) is 3.11. The molecule has 1 unspecified atom stereocenters. The van der Waals surface area contributed by atoms with Crippen LogP contribution in [-0.4, -0.2) is 30.8 Å². The van der Waals surface area contributed by atoms with E-state index in [0.29, 0.717) is 5.56 Å². The number of fused-ring (bicyclic) bond motifs is 3. The van der Waals surface area contributed by atoms with Gasteiger partial charge in [-0.05, 0) is 58.9 Å². The summed E-state index contributed by atoms with van der Waals surface area (Å²) in [4.78, 5) is 15.7. The first-order valence-electron chi connectivity index (χ1n) is 9.87. The van der Waals surface area contributed by atoms with Crippen LogP contribution < -0.4 is 0 Å². The maximum atomic E-state index is 13.3. The maximum absolute atomic E-state index is 13.3. The van der Waals surface area contributed by atoms with E-state index in [1.165, 1.54) is 22.8 Å². The molecule has 1 aliphatic heterocycles. The van der Waals surface area contributed by atoms with E-state index in [4.69, 9.17) is 4.55 Å². The van der Waals surface area contributed by atoms with Gasteiger partial charge in [0, 0.05) is 15.4 Å². The smallest absolute Gasteiger partial charge is 0.402 e. The number of hydrogen-bond donors (Lipinski definition) is 2. The summed E-state index contributed by atoms with van der Waals surface area (Å²) in [6, 6.07) is 24.0. The van der Waals surface area contributed by atoms with Crippen molar-refractivity contribution in [3.63, 3.8) is 0 Å². The number of alkyl halides is 2. The highest BCUT2D eigenvalue weighted by Gasteiger charge is 2.45. The molecule has 172 valence electrons. The minimum Gasteiger partial charge on any atom is -0.455 e. The number of halogens is 2. The molecule has 0 fully saturated rings. The quantitative estimate of drug-likeness (QED) is 0.160. The monoisotopic (exact) mass is 490 g/mol. The van der Waals surface area contributed by atoms with Gasteiger partial charge in [-0.3, -0.25) is 4.55 Å². The second kappa shape index (κ2) is 8.74. The number of benzene rings is 3. The highest BCUT2D eigenvalue weighted by atomic mass is 32.2. The van der Waals surface area contributed by atoms with Crippen LogP contribution in [-0.2, 0) is 19.6 Å². The van der Waals surface area contributed by atoms with Crippen molar-refractivity contribution in [2.75, 3.05) is 6.61 Å². The largest absolute Gasteiger partial charge is 0.455 e. The first kappa shape index (κ1) is 23.2. The Labute approximate surface area is 192 Å². The fourth-order valence-corrected chi connectivity index (χ4v) is 6.46. The standard InChI is InChI=1S/C24H20F2O5S2/c1-16(23(27)31-15-24(25,26)33(28,29)30)13-17-11-12-20-19-9-5-6-10-21(19)32(22(20)14-17)18-7-3-2-4-8-18/h2-14,32H,15H2,1H3,(H,28,29,30)/b16-13+. The van der Waals surface area contributed by atoms with Gasteiger partial charge in [0.1, 0.15) is 0 Å². The van der Waals surface area contributed by atoms with Gasteiger partial charge in [-0.15, -0.1) is 0 Å². The van der Waals surface area contributed by atoms with E-state index in [9.17, 15) is 22.0 Å². The molecule has 5 nitrogen and oxygen atoms in total. The normalized spacial score (nSPS) is 16.7. The van der Waals surface area contributed by atoms with Crippen LogP contribution in [0.3, 0.4) is 0 Å². The molecule has 3 aromatic rings. The van der Waals surface area contributed by atoms with E-state index in [1.807, 2.05) is 48.5 Å². The third kappa shape index (κ3) is 4.57. The van der Waals surface area contributed by atoms with Crippen LogP contribution in [0, 0.1) is 0 Å². The number of hydrogen-bond acceptors (Lipinski definition) is 4. The van der Waals surface area contributed by atoms with Gasteiger partial charge in [0.25, 0.3) is 0 Å². The van der Waals surface area contributed by atoms with Gasteiger partial charge in [-0.25, -0.2) is 4.79 Å². The molecule has 0 aliphatic carbocycles. The third-order valence-electron chi connectivity index (χ3n) is 5.17. The molecule has 33 heavy (non-hydrogen) atoms. The summed E-state index contributed by atoms with van der Waals surface area (Å²) < 4.78 is 61.0. The lowest BCUT2D eigenvalue weighted by Gasteiger charge is -2.19. The molecule has 0 aromatic heterocycles. The molecule has 9 heteroatoms. The van der Waals surface area contributed by atoms with Gasteiger partial charge in [0.15, 0.2) is 6.61 Å². The highest BCUT2D eigenvalue weighted by molar-refractivity contribution is 8.17. The van der Waals surface area contributed by atoms with Crippen LogP contribution in [0.2, 0.25) is 0 Å². The predicted molar refractivity (Wildman–Crippen MR) is 123 cm³/mol. The van der Waals surface area contributed by atoms with E-state index in [-0.39, 0.29) is 5.57 Å². The summed E-state index contributed by atoms with van der Waals surface area (Å²) in [7, 11) is -6.48. The molecule has 1 N–H and O–H groups in total. The van der Waals surface area contributed by atoms with Crippen molar-refractivity contribution in [3.8, 4) is 11.1 Å². The van der Waals surface area contributed by atoms with E-state index in [1.54, 1.807) is 0 Å². The predicted octanol–water partition coefficient (Wildman–Crippen LogP) is 5.57. The molecule has 0 bridgehead atoms. The second-order valence-corrected chi connectivity index (χ2v) is 11.2. The number of carbonyl (C=O) groups excluding carboxylic acids is 1. The highest BCUT2D eigenvalue weighted by Crippen LogP contribution is 2.62. The molecule has 0 spiro atoms. The molecule has 3 aromatic carbocycles. The number of ether oxygens (including phenoxy) is 1. The summed E-state index contributed by atoms with van der Waals surface area (Å²) in [6.45, 7) is -0.384. The molecular weight excluding hydrogens is 470 g/mol. The lowest BCUT2D eigenvalue weighted by molar-refractivity contribution is -0.144. The Morgan fingerprint density at radius 2 is 1.64 bits per heavy atom. The Bertz CT molecular complexity index is 1350. The molecule has 0 saturated heterocycles. The van der Waals surface area contributed by atoms with E-state index in [2.05, 4.69) is 29.0 Å². The van der Waals surface area contributed by atoms with Crippen molar-refractivity contribution < 1.29 is 31.3 Å². The van der Waals surface area contributed by atoms with Crippen molar-refractivity contribution in [1.29, 1.82) is 0 Å². The summed E-state index contributed by atoms with van der Waals surface area (Å²) in [5.74, 6) is -1.10. The Hall–Kier alpha value is -3.01. The van der Waals surface area contributed by atoms with Gasteiger partial charge < -0.3 is 4.74 Å². The SMILES string of the molecule is C/C(=C\c1ccc2c(c1)[SH](c1ccccc1)c1ccccc1-2)C(=O)OCC(F)(F)S(=O)(=O)O. The first-order chi connectivity index (χ1) is 15.6. The fourth-order valence-electron chi connectivity index (χ4n) is 3.58. The van der Waals surface area contributed by atoms with Crippen molar-refractivity contribution in [3.05, 3.63) is 83.9 Å². The minimum absolute atomic E-state index is 0.0145. The van der Waals surface area contributed by atoms with Crippen LogP contribution in [0.15, 0.2) is 93.1 Å². The molecule has 1 aliphatic rings. The summed E-state index contributed by atoms with van der Waals surface area (Å²) in [5.41, 5.74) is 2.95. The van der Waals surface area contributed by atoms with Crippen molar-refractivity contribution in [1.82, 2.24) is 0 Å². The number of thiol groups is 1. The number of esters is 1. The molecule has 4 rings (SSSR count). The van der Waals surface area contributed by atoms with Crippen LogP contribution in [0.4, 0.5) is 8.78 Å².